The van der Waals surface area contributed by atoms with E-state index in [2.05, 4.69) is 10.2 Å². The molecule has 1 heterocycles. The van der Waals surface area contributed by atoms with Gasteiger partial charge in [-0.05, 0) is 65.6 Å². The van der Waals surface area contributed by atoms with Crippen molar-refractivity contribution in [3.05, 3.63) is 0 Å². The van der Waals surface area contributed by atoms with Gasteiger partial charge < -0.3 is 10.0 Å². The first-order valence-corrected chi connectivity index (χ1v) is 8.73. The Balaban J connectivity index is 2.46. The molecule has 2 N–H and O–H groups in total. The molecule has 1 fully saturated rings. The largest absolute Gasteiger partial charge is 0.480 e. The molecule has 0 amide bonds. The zero-order valence-corrected chi connectivity index (χ0v) is 14.2. The number of hydrogen-bond donors (Lipinski definition) is 2. The number of nitrogens with one attached hydrogen (secondary N) is 1. The maximum Gasteiger partial charge on any atom is 0.323 e. The molecule has 0 aromatic rings. The van der Waals surface area contributed by atoms with Crippen LogP contribution in [-0.4, -0.2) is 47.2 Å². The average molecular weight is 298 g/mol. The summed E-state index contributed by atoms with van der Waals surface area (Å²) in [6.45, 7) is 9.42. The van der Waals surface area contributed by atoms with Crippen molar-refractivity contribution >= 4 is 5.97 Å². The Hall–Kier alpha value is -0.610. The zero-order valence-electron chi connectivity index (χ0n) is 14.2. The monoisotopic (exact) mass is 298 g/mol. The van der Waals surface area contributed by atoms with E-state index in [0.717, 1.165) is 13.0 Å². The number of hydrogen-bond acceptors (Lipinski definition) is 3. The Labute approximate surface area is 130 Å². The SMILES string of the molecule is CCC(CCCN1CCCCCCC1)(NC(C)C)C(=O)O. The Bertz CT molecular complexity index is 299. The first kappa shape index (κ1) is 18.4. The van der Waals surface area contributed by atoms with Gasteiger partial charge >= 0.3 is 5.97 Å². The highest BCUT2D eigenvalue weighted by Gasteiger charge is 2.36. The number of aliphatic carboxylic acids is 1. The summed E-state index contributed by atoms with van der Waals surface area (Å²) in [7, 11) is 0. The van der Waals surface area contributed by atoms with Crippen LogP contribution in [-0.2, 0) is 4.79 Å². The first-order valence-electron chi connectivity index (χ1n) is 8.73. The normalized spacial score (nSPS) is 20.8. The quantitative estimate of drug-likeness (QED) is 0.722. The summed E-state index contributed by atoms with van der Waals surface area (Å²) in [5, 5.41) is 12.9. The highest BCUT2D eigenvalue weighted by atomic mass is 16.4. The molecule has 0 bridgehead atoms. The van der Waals surface area contributed by atoms with Crippen molar-refractivity contribution in [2.75, 3.05) is 19.6 Å². The van der Waals surface area contributed by atoms with Crippen LogP contribution in [0.5, 0.6) is 0 Å². The molecule has 0 aromatic heterocycles. The molecule has 0 saturated carbocycles. The lowest BCUT2D eigenvalue weighted by Gasteiger charge is -2.33. The first-order chi connectivity index (χ1) is 10.00. The molecular weight excluding hydrogens is 264 g/mol. The molecule has 0 spiro atoms. The van der Waals surface area contributed by atoms with Crippen molar-refractivity contribution in [2.24, 2.45) is 0 Å². The van der Waals surface area contributed by atoms with E-state index < -0.39 is 11.5 Å². The number of carboxylic acid groups (broad SMARTS) is 1. The van der Waals surface area contributed by atoms with Crippen molar-refractivity contribution in [1.29, 1.82) is 0 Å². The van der Waals surface area contributed by atoms with Gasteiger partial charge in [-0.3, -0.25) is 10.1 Å². The van der Waals surface area contributed by atoms with E-state index in [9.17, 15) is 9.90 Å². The van der Waals surface area contributed by atoms with Crippen LogP contribution in [0.4, 0.5) is 0 Å². The summed E-state index contributed by atoms with van der Waals surface area (Å²) in [5.41, 5.74) is -0.753. The van der Waals surface area contributed by atoms with Crippen LogP contribution < -0.4 is 5.32 Å². The van der Waals surface area contributed by atoms with Crippen molar-refractivity contribution in [3.8, 4) is 0 Å². The second kappa shape index (κ2) is 9.42. The Morgan fingerprint density at radius 3 is 2.24 bits per heavy atom. The summed E-state index contributed by atoms with van der Waals surface area (Å²) in [4.78, 5) is 14.2. The van der Waals surface area contributed by atoms with Gasteiger partial charge in [0, 0.05) is 6.04 Å². The van der Waals surface area contributed by atoms with Crippen molar-refractivity contribution in [1.82, 2.24) is 10.2 Å². The second-order valence-corrected chi connectivity index (χ2v) is 6.75. The summed E-state index contributed by atoms with van der Waals surface area (Å²) in [6.07, 6.45) is 8.97. The fourth-order valence-corrected chi connectivity index (χ4v) is 3.36. The molecule has 1 aliphatic heterocycles. The lowest BCUT2D eigenvalue weighted by molar-refractivity contribution is -0.145. The second-order valence-electron chi connectivity index (χ2n) is 6.75. The van der Waals surface area contributed by atoms with E-state index in [1.54, 1.807) is 0 Å². The fraction of sp³-hybridized carbons (Fsp3) is 0.941. The van der Waals surface area contributed by atoms with Gasteiger partial charge in [0.15, 0.2) is 0 Å². The number of carbonyl (C=O) groups is 1. The summed E-state index contributed by atoms with van der Waals surface area (Å²) >= 11 is 0. The molecule has 1 rings (SSSR count). The molecule has 0 aromatic carbocycles. The predicted octanol–water partition coefficient (Wildman–Crippen LogP) is 3.26. The lowest BCUT2D eigenvalue weighted by atomic mass is 9.89. The van der Waals surface area contributed by atoms with E-state index in [1.165, 1.54) is 45.2 Å². The van der Waals surface area contributed by atoms with E-state index >= 15 is 0 Å². The molecule has 4 heteroatoms. The van der Waals surface area contributed by atoms with Gasteiger partial charge in [0.25, 0.3) is 0 Å². The highest BCUT2D eigenvalue weighted by molar-refractivity contribution is 5.78. The van der Waals surface area contributed by atoms with Crippen LogP contribution in [0, 0.1) is 0 Å². The summed E-state index contributed by atoms with van der Waals surface area (Å²) in [6, 6.07) is 0.197. The smallest absolute Gasteiger partial charge is 0.323 e. The Morgan fingerprint density at radius 2 is 1.76 bits per heavy atom. The van der Waals surface area contributed by atoms with Crippen LogP contribution >= 0.6 is 0 Å². The van der Waals surface area contributed by atoms with E-state index in [4.69, 9.17) is 0 Å². The lowest BCUT2D eigenvalue weighted by Crippen LogP contribution is -2.54. The predicted molar refractivity (Wildman–Crippen MR) is 87.7 cm³/mol. The van der Waals surface area contributed by atoms with Crippen molar-refractivity contribution in [2.45, 2.75) is 83.7 Å². The third kappa shape index (κ3) is 6.35. The maximum atomic E-state index is 11.7. The van der Waals surface area contributed by atoms with Gasteiger partial charge in [-0.1, -0.05) is 26.2 Å². The van der Waals surface area contributed by atoms with Gasteiger partial charge in [-0.2, -0.15) is 0 Å². The minimum absolute atomic E-state index is 0.197. The van der Waals surface area contributed by atoms with Crippen LogP contribution in [0.2, 0.25) is 0 Å². The van der Waals surface area contributed by atoms with Crippen LogP contribution in [0.3, 0.4) is 0 Å². The van der Waals surface area contributed by atoms with Crippen molar-refractivity contribution in [3.63, 3.8) is 0 Å². The molecule has 124 valence electrons. The maximum absolute atomic E-state index is 11.7. The summed E-state index contributed by atoms with van der Waals surface area (Å²) in [5.74, 6) is -0.702. The number of likely N-dealkylation sites (tertiary alicyclic amines) is 1. The van der Waals surface area contributed by atoms with Gasteiger partial charge in [-0.25, -0.2) is 0 Å². The molecule has 1 unspecified atom stereocenters. The van der Waals surface area contributed by atoms with Crippen LogP contribution in [0.15, 0.2) is 0 Å². The number of rotatable bonds is 8. The van der Waals surface area contributed by atoms with Gasteiger partial charge in [0.2, 0.25) is 0 Å². The third-order valence-corrected chi connectivity index (χ3v) is 4.60. The van der Waals surface area contributed by atoms with E-state index in [-0.39, 0.29) is 6.04 Å². The molecule has 21 heavy (non-hydrogen) atoms. The minimum Gasteiger partial charge on any atom is -0.480 e. The Morgan fingerprint density at radius 1 is 1.19 bits per heavy atom. The van der Waals surface area contributed by atoms with Crippen LogP contribution in [0.25, 0.3) is 0 Å². The molecule has 1 aliphatic rings. The molecule has 1 saturated heterocycles. The van der Waals surface area contributed by atoms with E-state index in [1.807, 2.05) is 20.8 Å². The number of nitrogens with zero attached hydrogens (tertiary/aromatic N) is 1. The minimum atomic E-state index is -0.753. The molecule has 1 atom stereocenters. The standard InChI is InChI=1S/C17H34N2O2/c1-4-17(16(20)21,18-15(2)3)11-10-14-19-12-8-6-5-7-9-13-19/h15,18H,4-14H2,1-3H3,(H,20,21). The third-order valence-electron chi connectivity index (χ3n) is 4.60. The molecule has 4 nitrogen and oxygen atoms in total. The zero-order chi connectivity index (χ0) is 15.7. The molecule has 0 aliphatic carbocycles. The Kier molecular flexibility index (Phi) is 8.27. The summed E-state index contributed by atoms with van der Waals surface area (Å²) < 4.78 is 0. The topological polar surface area (TPSA) is 52.6 Å². The molecule has 0 radical (unpaired) electrons. The van der Waals surface area contributed by atoms with Gasteiger partial charge in [0.05, 0.1) is 0 Å². The number of carboxylic acids is 1. The van der Waals surface area contributed by atoms with Crippen LogP contribution in [0.1, 0.15) is 72.1 Å². The van der Waals surface area contributed by atoms with Crippen molar-refractivity contribution < 1.29 is 9.90 Å². The highest BCUT2D eigenvalue weighted by Crippen LogP contribution is 2.20. The van der Waals surface area contributed by atoms with E-state index in [0.29, 0.717) is 12.8 Å². The molecular formula is C17H34N2O2. The fourth-order valence-electron chi connectivity index (χ4n) is 3.36. The van der Waals surface area contributed by atoms with Gasteiger partial charge in [0.1, 0.15) is 5.54 Å². The average Bonchev–Trinajstić information content (AvgIpc) is 2.38. The van der Waals surface area contributed by atoms with Gasteiger partial charge in [-0.15, -0.1) is 0 Å².